The van der Waals surface area contributed by atoms with Gasteiger partial charge in [0.05, 0.1) is 19.4 Å². The second-order valence-electron chi connectivity index (χ2n) is 21.1. The molecular formula is C68H58N2Si. The molecule has 71 heavy (non-hydrogen) atoms. The first-order valence-electron chi connectivity index (χ1n) is 25.1. The minimum absolute atomic E-state index is 1.13. The summed E-state index contributed by atoms with van der Waals surface area (Å²) >= 11 is 0. The zero-order valence-electron chi connectivity index (χ0n) is 42.0. The van der Waals surface area contributed by atoms with Gasteiger partial charge < -0.3 is 9.80 Å². The van der Waals surface area contributed by atoms with Crippen molar-refractivity contribution in [2.75, 3.05) is 9.80 Å². The number of hydrogen-bond donors (Lipinski definition) is 0. The molecule has 12 rings (SSSR count). The van der Waals surface area contributed by atoms with E-state index >= 15 is 0 Å². The van der Waals surface area contributed by atoms with Crippen LogP contribution in [0.25, 0.3) is 76.1 Å². The van der Waals surface area contributed by atoms with Gasteiger partial charge in [0.25, 0.3) is 0 Å². The Morgan fingerprint density at radius 2 is 0.676 bits per heavy atom. The Labute approximate surface area is 419 Å². The number of anilines is 6. The standard InChI is InChI=1S/C68H58N2Si/c1-43-17-23-54(24-18-43)69(56-35-44(2)33-45(3)36-56)65-41-63(52-21-19-48-13-9-11-15-50(48)39-52)59-30-32-62-66(70(57-37-46(4)34-47(5)38-57)55-25-27-58(28-26-55)71(6,7)8)42-64(60-29-31-61(65)67(59)68(60)62)53-22-20-49-14-10-12-16-51(49)40-53/h9-42H,1-8H3. The highest BCUT2D eigenvalue weighted by Gasteiger charge is 2.27. The molecule has 0 bridgehead atoms. The van der Waals surface area contributed by atoms with Crippen molar-refractivity contribution in [1.82, 2.24) is 0 Å². The van der Waals surface area contributed by atoms with E-state index in [1.54, 1.807) is 0 Å². The molecule has 0 aliphatic carbocycles. The van der Waals surface area contributed by atoms with Gasteiger partial charge in [0.1, 0.15) is 0 Å². The highest BCUT2D eigenvalue weighted by molar-refractivity contribution is 6.88. The molecule has 0 N–H and O–H groups in total. The monoisotopic (exact) mass is 930 g/mol. The van der Waals surface area contributed by atoms with Gasteiger partial charge in [0.15, 0.2) is 0 Å². The summed E-state index contributed by atoms with van der Waals surface area (Å²) in [6.45, 7) is 18.3. The molecule has 12 aromatic carbocycles. The number of nitrogens with zero attached hydrogens (tertiary/aromatic N) is 2. The second kappa shape index (κ2) is 17.2. The number of aryl methyl sites for hydroxylation is 5. The van der Waals surface area contributed by atoms with Crippen molar-refractivity contribution >= 4 is 101 Å². The Balaban J connectivity index is 1.26. The van der Waals surface area contributed by atoms with Crippen LogP contribution in [-0.2, 0) is 0 Å². The number of hydrogen-bond acceptors (Lipinski definition) is 2. The molecule has 3 heteroatoms. The normalized spacial score (nSPS) is 11.9. The van der Waals surface area contributed by atoms with Crippen LogP contribution >= 0.6 is 0 Å². The van der Waals surface area contributed by atoms with Gasteiger partial charge >= 0.3 is 0 Å². The lowest BCUT2D eigenvalue weighted by atomic mass is 9.84. The lowest BCUT2D eigenvalue weighted by Gasteiger charge is -2.31. The van der Waals surface area contributed by atoms with E-state index in [1.807, 2.05) is 0 Å². The van der Waals surface area contributed by atoms with Crippen LogP contribution in [-0.4, -0.2) is 8.07 Å². The molecule has 2 nitrogen and oxygen atoms in total. The average Bonchev–Trinajstić information content (AvgIpc) is 3.36. The Hall–Kier alpha value is -7.98. The summed E-state index contributed by atoms with van der Waals surface area (Å²) in [5.74, 6) is 0. The first-order chi connectivity index (χ1) is 34.3. The van der Waals surface area contributed by atoms with E-state index < -0.39 is 8.07 Å². The van der Waals surface area contributed by atoms with E-state index in [4.69, 9.17) is 0 Å². The van der Waals surface area contributed by atoms with E-state index in [0.717, 1.165) is 34.1 Å². The molecule has 344 valence electrons. The summed E-state index contributed by atoms with van der Waals surface area (Å²) in [5, 5.41) is 13.8. The van der Waals surface area contributed by atoms with Gasteiger partial charge in [-0.15, -0.1) is 0 Å². The van der Waals surface area contributed by atoms with Crippen molar-refractivity contribution in [2.24, 2.45) is 0 Å². The summed E-state index contributed by atoms with van der Waals surface area (Å²) in [7, 11) is -1.58. The van der Waals surface area contributed by atoms with Crippen LogP contribution < -0.4 is 15.0 Å². The molecule has 0 aliphatic heterocycles. The van der Waals surface area contributed by atoms with Crippen LogP contribution in [0.1, 0.15) is 27.8 Å². The highest BCUT2D eigenvalue weighted by Crippen LogP contribution is 2.52. The molecule has 0 unspecified atom stereocenters. The largest absolute Gasteiger partial charge is 0.310 e. The van der Waals surface area contributed by atoms with E-state index in [-0.39, 0.29) is 0 Å². The molecule has 0 heterocycles. The smallest absolute Gasteiger partial charge is 0.0775 e. The first kappa shape index (κ1) is 44.2. The molecule has 0 amide bonds. The Morgan fingerprint density at radius 3 is 1.08 bits per heavy atom. The van der Waals surface area contributed by atoms with Gasteiger partial charge in [0.2, 0.25) is 0 Å². The molecule has 0 spiro atoms. The molecule has 0 aromatic heterocycles. The maximum absolute atomic E-state index is 2.53. The van der Waals surface area contributed by atoms with Crippen molar-refractivity contribution in [2.45, 2.75) is 54.3 Å². The number of benzene rings is 12. The third kappa shape index (κ3) is 7.91. The highest BCUT2D eigenvalue weighted by atomic mass is 28.3. The molecule has 0 fully saturated rings. The fraction of sp³-hybridized carbons (Fsp3) is 0.118. The second-order valence-corrected chi connectivity index (χ2v) is 26.2. The third-order valence-electron chi connectivity index (χ3n) is 14.7. The quantitative estimate of drug-likeness (QED) is 0.105. The Morgan fingerprint density at radius 1 is 0.296 bits per heavy atom. The topological polar surface area (TPSA) is 6.48 Å². The van der Waals surface area contributed by atoms with Gasteiger partial charge in [-0.05, 0) is 184 Å². The van der Waals surface area contributed by atoms with Crippen molar-refractivity contribution in [3.63, 3.8) is 0 Å². The minimum atomic E-state index is -1.58. The predicted octanol–water partition coefficient (Wildman–Crippen LogP) is 19.3. The van der Waals surface area contributed by atoms with E-state index in [1.165, 1.54) is 109 Å². The van der Waals surface area contributed by atoms with Gasteiger partial charge in [0, 0.05) is 44.3 Å². The predicted molar refractivity (Wildman–Crippen MR) is 312 cm³/mol. The van der Waals surface area contributed by atoms with Gasteiger partial charge in [-0.1, -0.05) is 164 Å². The lowest BCUT2D eigenvalue weighted by molar-refractivity contribution is 1.26. The van der Waals surface area contributed by atoms with Crippen LogP contribution in [0.4, 0.5) is 34.1 Å². The molecule has 12 aromatic rings. The van der Waals surface area contributed by atoms with Crippen molar-refractivity contribution < 1.29 is 0 Å². The lowest BCUT2D eigenvalue weighted by Crippen LogP contribution is -2.37. The molecule has 0 radical (unpaired) electrons. The summed E-state index contributed by atoms with van der Waals surface area (Å²) < 4.78 is 0. The number of fused-ring (bicyclic) bond motifs is 2. The van der Waals surface area contributed by atoms with E-state index in [2.05, 4.69) is 270 Å². The van der Waals surface area contributed by atoms with Crippen LogP contribution in [0.15, 0.2) is 206 Å². The summed E-state index contributed by atoms with van der Waals surface area (Å²) in [6, 6.07) is 78.6. The SMILES string of the molecule is Cc1ccc(N(c2cc(C)cc(C)c2)c2cc(-c3ccc4ccccc4c3)c3ccc4c(N(c5ccc([Si](C)(C)C)cc5)c5cc(C)cc(C)c5)cc(-c5ccc6ccccc6c5)c5ccc2c3c54)cc1. The maximum Gasteiger partial charge on any atom is 0.0775 e. The van der Waals surface area contributed by atoms with Crippen LogP contribution in [0.5, 0.6) is 0 Å². The zero-order valence-corrected chi connectivity index (χ0v) is 43.0. The molecule has 0 saturated carbocycles. The molecule has 0 atom stereocenters. The average molecular weight is 931 g/mol. The molecular weight excluding hydrogens is 873 g/mol. The maximum atomic E-state index is 2.53. The van der Waals surface area contributed by atoms with Gasteiger partial charge in [-0.3, -0.25) is 0 Å². The Kier molecular flexibility index (Phi) is 10.7. The molecule has 0 saturated heterocycles. The minimum Gasteiger partial charge on any atom is -0.310 e. The zero-order chi connectivity index (χ0) is 48.7. The first-order valence-corrected chi connectivity index (χ1v) is 28.6. The van der Waals surface area contributed by atoms with Gasteiger partial charge in [-0.25, -0.2) is 0 Å². The Bertz CT molecular complexity index is 3990. The van der Waals surface area contributed by atoms with E-state index in [9.17, 15) is 0 Å². The van der Waals surface area contributed by atoms with Crippen LogP contribution in [0, 0.1) is 34.6 Å². The van der Waals surface area contributed by atoms with Crippen LogP contribution in [0.2, 0.25) is 19.6 Å². The summed E-state index contributed by atoms with van der Waals surface area (Å²) in [6.07, 6.45) is 0. The fourth-order valence-electron chi connectivity index (χ4n) is 11.3. The summed E-state index contributed by atoms with van der Waals surface area (Å²) in [5.41, 5.74) is 17.9. The third-order valence-corrected chi connectivity index (χ3v) is 16.7. The number of rotatable bonds is 9. The fourth-order valence-corrected chi connectivity index (χ4v) is 12.5. The molecule has 0 aliphatic rings. The van der Waals surface area contributed by atoms with Crippen molar-refractivity contribution in [3.8, 4) is 22.3 Å². The van der Waals surface area contributed by atoms with Crippen molar-refractivity contribution in [1.29, 1.82) is 0 Å². The summed E-state index contributed by atoms with van der Waals surface area (Å²) in [4.78, 5) is 5.03. The van der Waals surface area contributed by atoms with Crippen LogP contribution in [0.3, 0.4) is 0 Å². The van der Waals surface area contributed by atoms with Crippen molar-refractivity contribution in [3.05, 3.63) is 234 Å². The van der Waals surface area contributed by atoms with E-state index in [0.29, 0.717) is 0 Å². The van der Waals surface area contributed by atoms with Gasteiger partial charge in [-0.2, -0.15) is 0 Å².